The van der Waals surface area contributed by atoms with Crippen molar-refractivity contribution in [2.75, 3.05) is 16.9 Å². The highest BCUT2D eigenvalue weighted by Gasteiger charge is 2.35. The average molecular weight is 341 g/mol. The Morgan fingerprint density at radius 2 is 2.08 bits per heavy atom. The summed E-state index contributed by atoms with van der Waals surface area (Å²) in [6.45, 7) is 4.04. The Morgan fingerprint density at radius 3 is 2.79 bits per heavy atom. The van der Waals surface area contributed by atoms with E-state index in [4.69, 9.17) is 0 Å². The van der Waals surface area contributed by atoms with Crippen LogP contribution in [0.15, 0.2) is 42.7 Å². The van der Waals surface area contributed by atoms with Gasteiger partial charge in [-0.15, -0.1) is 11.8 Å². The second-order valence-electron chi connectivity index (χ2n) is 5.82. The van der Waals surface area contributed by atoms with Crippen LogP contribution in [-0.4, -0.2) is 39.4 Å². The fraction of sp³-hybridized carbons (Fsp3) is 0.278. The molecule has 1 atom stereocenters. The summed E-state index contributed by atoms with van der Waals surface area (Å²) in [4.78, 5) is 30.8. The van der Waals surface area contributed by atoms with Crippen molar-refractivity contribution < 1.29 is 9.59 Å². The van der Waals surface area contributed by atoms with E-state index < -0.39 is 6.04 Å². The first-order valence-corrected chi connectivity index (χ1v) is 8.88. The number of hydrogen-bond donors (Lipinski definition) is 1. The van der Waals surface area contributed by atoms with Crippen LogP contribution in [0.3, 0.4) is 0 Å². The molecule has 0 saturated carbocycles. The number of aryl methyl sites for hydroxylation is 2. The molecular formula is C18H19N3O2S. The summed E-state index contributed by atoms with van der Waals surface area (Å²) < 4.78 is 0. The lowest BCUT2D eigenvalue weighted by molar-refractivity contribution is -0.119. The fourth-order valence-electron chi connectivity index (χ4n) is 2.56. The largest absolute Gasteiger partial charge is 0.324 e. The number of carbonyl (C=O) groups excluding carboxylic acids is 2. The maximum atomic E-state index is 12.6. The van der Waals surface area contributed by atoms with Gasteiger partial charge in [-0.1, -0.05) is 6.07 Å². The number of pyridine rings is 1. The lowest BCUT2D eigenvalue weighted by atomic mass is 10.1. The van der Waals surface area contributed by atoms with Gasteiger partial charge in [-0.05, 0) is 49.2 Å². The highest BCUT2D eigenvalue weighted by atomic mass is 32.2. The van der Waals surface area contributed by atoms with Crippen molar-refractivity contribution in [2.24, 2.45) is 0 Å². The Bertz CT molecular complexity index is 764. The summed E-state index contributed by atoms with van der Waals surface area (Å²) in [7, 11) is 0. The molecule has 2 amide bonds. The Morgan fingerprint density at radius 1 is 1.25 bits per heavy atom. The van der Waals surface area contributed by atoms with Crippen LogP contribution >= 0.6 is 11.8 Å². The first-order valence-electron chi connectivity index (χ1n) is 7.73. The molecule has 6 heteroatoms. The first-order chi connectivity index (χ1) is 11.6. The minimum Gasteiger partial charge on any atom is -0.324 e. The summed E-state index contributed by atoms with van der Waals surface area (Å²) in [6.07, 6.45) is 3.16. The number of nitrogens with one attached hydrogen (secondary N) is 1. The molecule has 0 radical (unpaired) electrons. The van der Waals surface area contributed by atoms with E-state index in [2.05, 4.69) is 10.3 Å². The number of anilines is 1. The van der Waals surface area contributed by atoms with Crippen molar-refractivity contribution in [3.05, 3.63) is 59.4 Å². The van der Waals surface area contributed by atoms with E-state index in [0.29, 0.717) is 17.2 Å². The topological polar surface area (TPSA) is 62.3 Å². The van der Waals surface area contributed by atoms with Crippen LogP contribution in [0.25, 0.3) is 0 Å². The third kappa shape index (κ3) is 3.43. The lowest BCUT2D eigenvalue weighted by Gasteiger charge is -2.23. The molecule has 1 aliphatic rings. The van der Waals surface area contributed by atoms with Gasteiger partial charge in [0.05, 0.1) is 11.4 Å². The van der Waals surface area contributed by atoms with E-state index in [1.807, 2.05) is 32.0 Å². The summed E-state index contributed by atoms with van der Waals surface area (Å²) in [5, 5.41) is 2.93. The molecule has 1 N–H and O–H groups in total. The third-order valence-corrected chi connectivity index (χ3v) is 5.14. The van der Waals surface area contributed by atoms with Gasteiger partial charge in [0.15, 0.2) is 0 Å². The predicted molar refractivity (Wildman–Crippen MR) is 96.1 cm³/mol. The SMILES string of the molecule is Cc1ccc(NC(=O)C2CSCN2C(=O)c2cccnc2)cc1C. The molecule has 0 spiro atoms. The van der Waals surface area contributed by atoms with Crippen molar-refractivity contribution in [1.29, 1.82) is 0 Å². The highest BCUT2D eigenvalue weighted by Crippen LogP contribution is 2.24. The molecule has 1 aliphatic heterocycles. The molecule has 1 unspecified atom stereocenters. The molecule has 1 aromatic carbocycles. The molecule has 1 saturated heterocycles. The van der Waals surface area contributed by atoms with E-state index in [1.165, 1.54) is 11.8 Å². The molecular weight excluding hydrogens is 322 g/mol. The van der Waals surface area contributed by atoms with Gasteiger partial charge in [-0.3, -0.25) is 14.6 Å². The Balaban J connectivity index is 1.74. The van der Waals surface area contributed by atoms with Crippen molar-refractivity contribution in [3.63, 3.8) is 0 Å². The van der Waals surface area contributed by atoms with Crippen molar-refractivity contribution in [3.8, 4) is 0 Å². The van der Waals surface area contributed by atoms with E-state index >= 15 is 0 Å². The predicted octanol–water partition coefficient (Wildman–Crippen LogP) is 2.85. The van der Waals surface area contributed by atoms with E-state index in [-0.39, 0.29) is 11.8 Å². The quantitative estimate of drug-likeness (QED) is 0.932. The Kier molecular flexibility index (Phi) is 4.85. The van der Waals surface area contributed by atoms with Crippen LogP contribution in [0.1, 0.15) is 21.5 Å². The van der Waals surface area contributed by atoms with Gasteiger partial charge in [0, 0.05) is 23.8 Å². The molecule has 2 aromatic rings. The zero-order valence-corrected chi connectivity index (χ0v) is 14.5. The van der Waals surface area contributed by atoms with E-state index in [0.717, 1.165) is 11.3 Å². The maximum absolute atomic E-state index is 12.6. The van der Waals surface area contributed by atoms with Gasteiger partial charge in [0.1, 0.15) is 6.04 Å². The van der Waals surface area contributed by atoms with Gasteiger partial charge in [-0.25, -0.2) is 0 Å². The summed E-state index contributed by atoms with van der Waals surface area (Å²) in [5.41, 5.74) is 3.56. The minimum absolute atomic E-state index is 0.152. The summed E-state index contributed by atoms with van der Waals surface area (Å²) in [5.74, 6) is 0.801. The molecule has 1 fully saturated rings. The summed E-state index contributed by atoms with van der Waals surface area (Å²) in [6, 6.07) is 8.78. The molecule has 1 aromatic heterocycles. The van der Waals surface area contributed by atoms with Gasteiger partial charge < -0.3 is 10.2 Å². The van der Waals surface area contributed by atoms with Crippen molar-refractivity contribution in [1.82, 2.24) is 9.88 Å². The maximum Gasteiger partial charge on any atom is 0.256 e. The van der Waals surface area contributed by atoms with Crippen LogP contribution in [0.2, 0.25) is 0 Å². The number of benzene rings is 1. The van der Waals surface area contributed by atoms with Gasteiger partial charge >= 0.3 is 0 Å². The molecule has 0 bridgehead atoms. The van der Waals surface area contributed by atoms with Gasteiger partial charge in [-0.2, -0.15) is 0 Å². The normalized spacial score (nSPS) is 16.9. The standard InChI is InChI=1S/C18H19N3O2S/c1-12-5-6-15(8-13(12)2)20-17(22)16-10-24-11-21(16)18(23)14-4-3-7-19-9-14/h3-9,16H,10-11H2,1-2H3,(H,20,22). The second kappa shape index (κ2) is 7.05. The average Bonchev–Trinajstić information content (AvgIpc) is 3.08. The minimum atomic E-state index is -0.468. The van der Waals surface area contributed by atoms with Crippen LogP contribution in [0, 0.1) is 13.8 Å². The molecule has 0 aliphatic carbocycles. The Hall–Kier alpha value is -2.34. The number of carbonyl (C=O) groups is 2. The number of hydrogen-bond acceptors (Lipinski definition) is 4. The summed E-state index contributed by atoms with van der Waals surface area (Å²) >= 11 is 1.58. The number of aromatic nitrogens is 1. The van der Waals surface area contributed by atoms with Crippen molar-refractivity contribution >= 4 is 29.3 Å². The zero-order chi connectivity index (χ0) is 17.1. The lowest BCUT2D eigenvalue weighted by Crippen LogP contribution is -2.44. The third-order valence-electron chi connectivity index (χ3n) is 4.13. The number of rotatable bonds is 3. The van der Waals surface area contributed by atoms with Crippen molar-refractivity contribution in [2.45, 2.75) is 19.9 Å². The van der Waals surface area contributed by atoms with Crippen LogP contribution in [-0.2, 0) is 4.79 Å². The zero-order valence-electron chi connectivity index (χ0n) is 13.7. The second-order valence-corrected chi connectivity index (χ2v) is 6.82. The van der Waals surface area contributed by atoms with Gasteiger partial charge in [0.2, 0.25) is 5.91 Å². The molecule has 124 valence electrons. The van der Waals surface area contributed by atoms with Crippen LogP contribution < -0.4 is 5.32 Å². The van der Waals surface area contributed by atoms with Gasteiger partial charge in [0.25, 0.3) is 5.91 Å². The highest BCUT2D eigenvalue weighted by molar-refractivity contribution is 7.99. The molecule has 5 nitrogen and oxygen atoms in total. The van der Waals surface area contributed by atoms with Crippen LogP contribution in [0.5, 0.6) is 0 Å². The van der Waals surface area contributed by atoms with E-state index in [9.17, 15) is 9.59 Å². The smallest absolute Gasteiger partial charge is 0.256 e. The fourth-order valence-corrected chi connectivity index (χ4v) is 3.71. The Labute approximate surface area is 145 Å². The molecule has 2 heterocycles. The number of thioether (sulfide) groups is 1. The van der Waals surface area contributed by atoms with E-state index in [1.54, 1.807) is 35.0 Å². The molecule has 24 heavy (non-hydrogen) atoms. The molecule has 3 rings (SSSR count). The van der Waals surface area contributed by atoms with Crippen LogP contribution in [0.4, 0.5) is 5.69 Å². The number of amides is 2. The number of nitrogens with zero attached hydrogens (tertiary/aromatic N) is 2. The first kappa shape index (κ1) is 16.5. The monoisotopic (exact) mass is 341 g/mol.